The topological polar surface area (TPSA) is 44.5 Å². The zero-order valence-corrected chi connectivity index (χ0v) is 9.99. The number of nitrogens with zero attached hydrogens (tertiary/aromatic N) is 1. The summed E-state index contributed by atoms with van der Waals surface area (Å²) in [7, 11) is 0. The van der Waals surface area contributed by atoms with Gasteiger partial charge in [0.1, 0.15) is 10.4 Å². The molecule has 0 amide bonds. The summed E-state index contributed by atoms with van der Waals surface area (Å²) >= 11 is 3.39. The van der Waals surface area contributed by atoms with E-state index in [9.17, 15) is 0 Å². The lowest BCUT2D eigenvalue weighted by molar-refractivity contribution is 1.18. The second kappa shape index (κ2) is 3.28. The Morgan fingerprint density at radius 3 is 2.29 bits per heavy atom. The SMILES string of the molecule is Cc1cc(-c2nc(Br)c(C)[nH]2)c(C)[nH]1. The van der Waals surface area contributed by atoms with Crippen molar-refractivity contribution in [3.05, 3.63) is 27.8 Å². The van der Waals surface area contributed by atoms with Gasteiger partial charge in [0.15, 0.2) is 0 Å². The first-order valence-electron chi connectivity index (χ1n) is 4.46. The molecule has 0 aliphatic carbocycles. The Hall–Kier alpha value is -1.03. The van der Waals surface area contributed by atoms with Gasteiger partial charge >= 0.3 is 0 Å². The third kappa shape index (κ3) is 1.50. The highest BCUT2D eigenvalue weighted by molar-refractivity contribution is 9.10. The number of hydrogen-bond acceptors (Lipinski definition) is 1. The van der Waals surface area contributed by atoms with Gasteiger partial charge in [0.05, 0.1) is 0 Å². The highest BCUT2D eigenvalue weighted by Gasteiger charge is 2.10. The van der Waals surface area contributed by atoms with E-state index in [1.54, 1.807) is 0 Å². The summed E-state index contributed by atoms with van der Waals surface area (Å²) in [6.07, 6.45) is 0. The minimum atomic E-state index is 0.880. The Labute approximate surface area is 91.1 Å². The molecule has 2 rings (SSSR count). The molecule has 0 aliphatic heterocycles. The van der Waals surface area contributed by atoms with Crippen molar-refractivity contribution in [2.75, 3.05) is 0 Å². The Morgan fingerprint density at radius 2 is 1.86 bits per heavy atom. The average molecular weight is 254 g/mol. The molecule has 4 heteroatoms. The first-order valence-corrected chi connectivity index (χ1v) is 5.26. The van der Waals surface area contributed by atoms with Gasteiger partial charge in [0.2, 0.25) is 0 Å². The minimum Gasteiger partial charge on any atom is -0.362 e. The summed E-state index contributed by atoms with van der Waals surface area (Å²) in [5.74, 6) is 0.913. The van der Waals surface area contributed by atoms with E-state index in [-0.39, 0.29) is 0 Å². The molecule has 2 N–H and O–H groups in total. The van der Waals surface area contributed by atoms with Crippen LogP contribution in [0.15, 0.2) is 10.7 Å². The van der Waals surface area contributed by atoms with Crippen LogP contribution in [0.3, 0.4) is 0 Å². The zero-order valence-electron chi connectivity index (χ0n) is 8.40. The van der Waals surface area contributed by atoms with Crippen LogP contribution in [0.4, 0.5) is 0 Å². The van der Waals surface area contributed by atoms with E-state index in [0.29, 0.717) is 0 Å². The number of aromatic amines is 2. The summed E-state index contributed by atoms with van der Waals surface area (Å²) in [6.45, 7) is 6.09. The molecule has 0 saturated carbocycles. The largest absolute Gasteiger partial charge is 0.362 e. The van der Waals surface area contributed by atoms with Crippen molar-refractivity contribution in [3.63, 3.8) is 0 Å². The van der Waals surface area contributed by atoms with Gasteiger partial charge in [-0.25, -0.2) is 4.98 Å². The van der Waals surface area contributed by atoms with Gasteiger partial charge in [-0.05, 0) is 42.8 Å². The predicted octanol–water partition coefficient (Wildman–Crippen LogP) is 3.09. The third-order valence-electron chi connectivity index (χ3n) is 2.23. The van der Waals surface area contributed by atoms with Gasteiger partial charge in [-0.15, -0.1) is 0 Å². The van der Waals surface area contributed by atoms with Crippen molar-refractivity contribution >= 4 is 15.9 Å². The molecule has 0 bridgehead atoms. The molecule has 2 heterocycles. The fourth-order valence-electron chi connectivity index (χ4n) is 1.54. The van der Waals surface area contributed by atoms with Crippen molar-refractivity contribution in [2.45, 2.75) is 20.8 Å². The molecule has 0 radical (unpaired) electrons. The lowest BCUT2D eigenvalue weighted by atomic mass is 10.2. The number of aromatic nitrogens is 3. The van der Waals surface area contributed by atoms with Gasteiger partial charge in [0.25, 0.3) is 0 Å². The van der Waals surface area contributed by atoms with E-state index < -0.39 is 0 Å². The first-order chi connectivity index (χ1) is 6.58. The van der Waals surface area contributed by atoms with E-state index in [1.807, 2.05) is 20.8 Å². The molecule has 0 aliphatic rings. The maximum absolute atomic E-state index is 4.40. The highest BCUT2D eigenvalue weighted by atomic mass is 79.9. The molecular formula is C10H12BrN3. The number of nitrogens with one attached hydrogen (secondary N) is 2. The van der Waals surface area contributed by atoms with Crippen molar-refractivity contribution in [1.29, 1.82) is 0 Å². The molecule has 0 aromatic carbocycles. The van der Waals surface area contributed by atoms with Crippen molar-refractivity contribution in [3.8, 4) is 11.4 Å². The molecule has 2 aromatic heterocycles. The molecule has 74 valence electrons. The van der Waals surface area contributed by atoms with Crippen LogP contribution < -0.4 is 0 Å². The highest BCUT2D eigenvalue weighted by Crippen LogP contribution is 2.24. The van der Waals surface area contributed by atoms with Crippen LogP contribution in [-0.2, 0) is 0 Å². The van der Waals surface area contributed by atoms with E-state index in [1.165, 1.54) is 0 Å². The van der Waals surface area contributed by atoms with Crippen LogP contribution in [0.5, 0.6) is 0 Å². The maximum Gasteiger partial charge on any atom is 0.140 e. The maximum atomic E-state index is 4.40. The van der Waals surface area contributed by atoms with Crippen LogP contribution in [0.2, 0.25) is 0 Å². The summed E-state index contributed by atoms with van der Waals surface area (Å²) in [5, 5.41) is 0. The summed E-state index contributed by atoms with van der Waals surface area (Å²) in [5.41, 5.74) is 4.49. The van der Waals surface area contributed by atoms with E-state index >= 15 is 0 Å². The summed E-state index contributed by atoms with van der Waals surface area (Å²) in [4.78, 5) is 10.9. The quantitative estimate of drug-likeness (QED) is 0.806. The normalized spacial score (nSPS) is 10.9. The summed E-state index contributed by atoms with van der Waals surface area (Å²) in [6, 6.07) is 2.10. The lowest BCUT2D eigenvalue weighted by Gasteiger charge is -1.92. The molecule has 2 aromatic rings. The fourth-order valence-corrected chi connectivity index (χ4v) is 1.81. The number of H-pyrrole nitrogens is 2. The number of halogens is 1. The molecule has 0 spiro atoms. The van der Waals surface area contributed by atoms with E-state index in [0.717, 1.165) is 33.1 Å². The lowest BCUT2D eigenvalue weighted by Crippen LogP contribution is -1.81. The minimum absolute atomic E-state index is 0.880. The standard InChI is InChI=1S/C10H12BrN3/c1-5-4-8(6(2)12-5)10-13-7(3)9(11)14-10/h4,12H,1-3H3,(H,13,14). The fraction of sp³-hybridized carbons (Fsp3) is 0.300. The van der Waals surface area contributed by atoms with E-state index in [2.05, 4.69) is 36.9 Å². The van der Waals surface area contributed by atoms with Crippen molar-refractivity contribution < 1.29 is 0 Å². The predicted molar refractivity (Wildman–Crippen MR) is 60.3 cm³/mol. The monoisotopic (exact) mass is 253 g/mol. The van der Waals surface area contributed by atoms with Crippen LogP contribution >= 0.6 is 15.9 Å². The van der Waals surface area contributed by atoms with Gasteiger partial charge in [-0.3, -0.25) is 0 Å². The van der Waals surface area contributed by atoms with Gasteiger partial charge in [0, 0.05) is 22.6 Å². The third-order valence-corrected chi connectivity index (χ3v) is 3.00. The van der Waals surface area contributed by atoms with Gasteiger partial charge < -0.3 is 9.97 Å². The molecular weight excluding hydrogens is 242 g/mol. The second-order valence-electron chi connectivity index (χ2n) is 3.49. The van der Waals surface area contributed by atoms with E-state index in [4.69, 9.17) is 0 Å². The first kappa shape index (κ1) is 9.52. The Bertz CT molecular complexity index is 448. The van der Waals surface area contributed by atoms with Crippen molar-refractivity contribution in [2.24, 2.45) is 0 Å². The Morgan fingerprint density at radius 1 is 1.14 bits per heavy atom. The number of hydrogen-bond donors (Lipinski definition) is 2. The summed E-state index contributed by atoms with van der Waals surface area (Å²) < 4.78 is 0.880. The van der Waals surface area contributed by atoms with Crippen LogP contribution in [-0.4, -0.2) is 15.0 Å². The number of imidazole rings is 1. The molecule has 0 atom stereocenters. The smallest absolute Gasteiger partial charge is 0.140 e. The van der Waals surface area contributed by atoms with Crippen LogP contribution in [0.25, 0.3) is 11.4 Å². The molecule has 0 unspecified atom stereocenters. The number of aryl methyl sites for hydroxylation is 3. The van der Waals surface area contributed by atoms with Crippen LogP contribution in [0, 0.1) is 20.8 Å². The molecule has 3 nitrogen and oxygen atoms in total. The van der Waals surface area contributed by atoms with Gasteiger partial charge in [-0.1, -0.05) is 0 Å². The Kier molecular flexibility index (Phi) is 2.23. The number of rotatable bonds is 1. The molecule has 0 saturated heterocycles. The molecule has 0 fully saturated rings. The average Bonchev–Trinajstić information content (AvgIpc) is 2.57. The van der Waals surface area contributed by atoms with Gasteiger partial charge in [-0.2, -0.15) is 0 Å². The molecule has 14 heavy (non-hydrogen) atoms. The second-order valence-corrected chi connectivity index (χ2v) is 4.24. The van der Waals surface area contributed by atoms with Crippen LogP contribution in [0.1, 0.15) is 17.1 Å². The Balaban J connectivity index is 2.54. The van der Waals surface area contributed by atoms with Crippen molar-refractivity contribution in [1.82, 2.24) is 15.0 Å². The zero-order chi connectivity index (χ0) is 10.3.